The summed E-state index contributed by atoms with van der Waals surface area (Å²) in [6, 6.07) is 6.33. The van der Waals surface area contributed by atoms with E-state index in [0.717, 1.165) is 43.1 Å². The molecule has 1 aliphatic rings. The molecule has 0 unspecified atom stereocenters. The highest BCUT2D eigenvalue weighted by Gasteiger charge is 2.17. The van der Waals surface area contributed by atoms with Crippen molar-refractivity contribution < 1.29 is 0 Å². The Morgan fingerprint density at radius 3 is 2.95 bits per heavy atom. The fraction of sp³-hybridized carbons (Fsp3) is 0.471. The van der Waals surface area contributed by atoms with E-state index in [1.807, 2.05) is 6.33 Å². The van der Waals surface area contributed by atoms with Crippen LogP contribution < -0.4 is 5.32 Å². The Morgan fingerprint density at radius 2 is 2.14 bits per heavy atom. The molecule has 112 valence electrons. The Kier molecular flexibility index (Phi) is 4.61. The second-order valence-electron chi connectivity index (χ2n) is 5.68. The second-order valence-corrected chi connectivity index (χ2v) is 6.08. The molecular formula is C17H22ClN3. The first kappa shape index (κ1) is 14.6. The number of fused-ring (bicyclic) bond motifs is 1. The summed E-state index contributed by atoms with van der Waals surface area (Å²) in [7, 11) is 0. The molecule has 4 heteroatoms. The minimum atomic E-state index is 0.802. The Labute approximate surface area is 131 Å². The number of nitrogens with zero attached hydrogens (tertiary/aromatic N) is 2. The maximum absolute atomic E-state index is 6.50. The summed E-state index contributed by atoms with van der Waals surface area (Å²) >= 11 is 6.50. The number of nitrogens with one attached hydrogen (secondary N) is 1. The third-order valence-electron chi connectivity index (χ3n) is 4.06. The van der Waals surface area contributed by atoms with Gasteiger partial charge in [-0.25, -0.2) is 4.98 Å². The van der Waals surface area contributed by atoms with Crippen molar-refractivity contribution in [2.45, 2.75) is 45.6 Å². The van der Waals surface area contributed by atoms with E-state index in [0.29, 0.717) is 0 Å². The summed E-state index contributed by atoms with van der Waals surface area (Å²) in [5, 5.41) is 4.21. The monoisotopic (exact) mass is 303 g/mol. The van der Waals surface area contributed by atoms with Gasteiger partial charge in [0.05, 0.1) is 22.7 Å². The van der Waals surface area contributed by atoms with Gasteiger partial charge >= 0.3 is 0 Å². The highest BCUT2D eigenvalue weighted by molar-refractivity contribution is 6.32. The van der Waals surface area contributed by atoms with Crippen LogP contribution in [0.1, 0.15) is 43.1 Å². The van der Waals surface area contributed by atoms with Crippen LogP contribution >= 0.6 is 11.6 Å². The predicted octanol–water partition coefficient (Wildman–Crippen LogP) is 3.90. The summed E-state index contributed by atoms with van der Waals surface area (Å²) in [6.07, 6.45) is 7.76. The molecule has 0 saturated carbocycles. The Bertz CT molecular complexity index is 618. The van der Waals surface area contributed by atoms with Crippen LogP contribution in [0.5, 0.6) is 0 Å². The Hall–Kier alpha value is -1.32. The molecule has 1 N–H and O–H groups in total. The number of aryl methyl sites for hydroxylation is 1. The summed E-state index contributed by atoms with van der Waals surface area (Å²) in [5.74, 6) is 0. The molecule has 0 radical (unpaired) electrons. The van der Waals surface area contributed by atoms with E-state index in [9.17, 15) is 0 Å². The van der Waals surface area contributed by atoms with E-state index in [1.54, 1.807) is 0 Å². The number of imidazole rings is 1. The van der Waals surface area contributed by atoms with Gasteiger partial charge in [0.1, 0.15) is 0 Å². The molecular weight excluding hydrogens is 282 g/mol. The molecule has 1 heterocycles. The quantitative estimate of drug-likeness (QED) is 0.849. The average Bonchev–Trinajstić information content (AvgIpc) is 2.92. The normalized spacial score (nSPS) is 14.2. The van der Waals surface area contributed by atoms with Crippen LogP contribution in [-0.4, -0.2) is 16.1 Å². The van der Waals surface area contributed by atoms with Gasteiger partial charge in [-0.15, -0.1) is 0 Å². The Balaban J connectivity index is 1.84. The van der Waals surface area contributed by atoms with Crippen molar-refractivity contribution in [2.75, 3.05) is 6.54 Å². The number of hydrogen-bond acceptors (Lipinski definition) is 2. The van der Waals surface area contributed by atoms with Crippen LogP contribution in [0.3, 0.4) is 0 Å². The van der Waals surface area contributed by atoms with Crippen LogP contribution in [0.25, 0.3) is 5.69 Å². The summed E-state index contributed by atoms with van der Waals surface area (Å²) in [4.78, 5) is 4.55. The maximum atomic E-state index is 6.50. The lowest BCUT2D eigenvalue weighted by Gasteiger charge is -2.15. The van der Waals surface area contributed by atoms with Crippen molar-refractivity contribution in [3.63, 3.8) is 0 Å². The zero-order valence-electron chi connectivity index (χ0n) is 12.5. The maximum Gasteiger partial charge on any atom is 0.0998 e. The minimum Gasteiger partial charge on any atom is -0.313 e. The van der Waals surface area contributed by atoms with E-state index < -0.39 is 0 Å². The van der Waals surface area contributed by atoms with Gasteiger partial charge in [0.2, 0.25) is 0 Å². The molecule has 1 aromatic carbocycles. The minimum absolute atomic E-state index is 0.802. The van der Waals surface area contributed by atoms with E-state index >= 15 is 0 Å². The van der Waals surface area contributed by atoms with Crippen molar-refractivity contribution in [3.05, 3.63) is 46.5 Å². The molecule has 3 rings (SSSR count). The van der Waals surface area contributed by atoms with E-state index in [2.05, 4.69) is 40.0 Å². The SMILES string of the molecule is CCCNCc1ccc(-n2cnc3c2CCCC3)c(Cl)c1. The van der Waals surface area contributed by atoms with Crippen molar-refractivity contribution >= 4 is 11.6 Å². The molecule has 1 aliphatic carbocycles. The number of benzene rings is 1. The second kappa shape index (κ2) is 6.63. The molecule has 0 atom stereocenters. The number of halogens is 1. The third kappa shape index (κ3) is 3.14. The zero-order valence-corrected chi connectivity index (χ0v) is 13.3. The first-order valence-electron chi connectivity index (χ1n) is 7.84. The number of aromatic nitrogens is 2. The smallest absolute Gasteiger partial charge is 0.0998 e. The molecule has 0 spiro atoms. The summed E-state index contributed by atoms with van der Waals surface area (Å²) in [6.45, 7) is 4.08. The molecule has 0 bridgehead atoms. The van der Waals surface area contributed by atoms with Crippen molar-refractivity contribution in [1.82, 2.24) is 14.9 Å². The molecule has 0 fully saturated rings. The van der Waals surface area contributed by atoms with Gasteiger partial charge in [-0.05, 0) is 56.3 Å². The lowest BCUT2D eigenvalue weighted by atomic mass is 10.0. The van der Waals surface area contributed by atoms with Crippen molar-refractivity contribution in [2.24, 2.45) is 0 Å². The number of hydrogen-bond donors (Lipinski definition) is 1. The fourth-order valence-electron chi connectivity index (χ4n) is 2.94. The van der Waals surface area contributed by atoms with Gasteiger partial charge in [-0.1, -0.05) is 24.6 Å². The predicted molar refractivity (Wildman–Crippen MR) is 87.2 cm³/mol. The van der Waals surface area contributed by atoms with Crippen molar-refractivity contribution in [1.29, 1.82) is 0 Å². The van der Waals surface area contributed by atoms with Gasteiger partial charge in [0, 0.05) is 12.2 Å². The summed E-state index contributed by atoms with van der Waals surface area (Å²) < 4.78 is 2.17. The van der Waals surface area contributed by atoms with Gasteiger partial charge in [-0.3, -0.25) is 0 Å². The molecule has 1 aromatic heterocycles. The first-order chi connectivity index (χ1) is 10.3. The van der Waals surface area contributed by atoms with Crippen LogP contribution in [0.2, 0.25) is 5.02 Å². The van der Waals surface area contributed by atoms with Crippen LogP contribution in [-0.2, 0) is 19.4 Å². The largest absolute Gasteiger partial charge is 0.313 e. The molecule has 3 nitrogen and oxygen atoms in total. The third-order valence-corrected chi connectivity index (χ3v) is 4.36. The van der Waals surface area contributed by atoms with E-state index in [1.165, 1.54) is 29.8 Å². The average molecular weight is 304 g/mol. The van der Waals surface area contributed by atoms with E-state index in [-0.39, 0.29) is 0 Å². The van der Waals surface area contributed by atoms with Crippen molar-refractivity contribution in [3.8, 4) is 5.69 Å². The Morgan fingerprint density at radius 1 is 1.29 bits per heavy atom. The molecule has 21 heavy (non-hydrogen) atoms. The molecule has 0 saturated heterocycles. The standard InChI is InChI=1S/C17H22ClN3/c1-2-9-19-11-13-7-8-16(14(18)10-13)21-12-20-15-5-3-4-6-17(15)21/h7-8,10,12,19H,2-6,9,11H2,1H3. The lowest BCUT2D eigenvalue weighted by Crippen LogP contribution is -2.14. The van der Waals surface area contributed by atoms with Crippen LogP contribution in [0.15, 0.2) is 24.5 Å². The number of rotatable bonds is 5. The highest BCUT2D eigenvalue weighted by Crippen LogP contribution is 2.27. The first-order valence-corrected chi connectivity index (χ1v) is 8.22. The zero-order chi connectivity index (χ0) is 14.7. The van der Waals surface area contributed by atoms with E-state index in [4.69, 9.17) is 11.6 Å². The molecule has 0 amide bonds. The van der Waals surface area contributed by atoms with Gasteiger partial charge in [-0.2, -0.15) is 0 Å². The van der Waals surface area contributed by atoms with Gasteiger partial charge in [0.15, 0.2) is 0 Å². The van der Waals surface area contributed by atoms with Gasteiger partial charge in [0.25, 0.3) is 0 Å². The van der Waals surface area contributed by atoms with Crippen LogP contribution in [0, 0.1) is 0 Å². The molecule has 0 aliphatic heterocycles. The fourth-order valence-corrected chi connectivity index (χ4v) is 3.24. The summed E-state index contributed by atoms with van der Waals surface area (Å²) in [5.41, 5.74) is 4.85. The topological polar surface area (TPSA) is 29.9 Å². The highest BCUT2D eigenvalue weighted by atomic mass is 35.5. The lowest BCUT2D eigenvalue weighted by molar-refractivity contribution is 0.655. The van der Waals surface area contributed by atoms with Gasteiger partial charge < -0.3 is 9.88 Å². The molecule has 2 aromatic rings. The van der Waals surface area contributed by atoms with Crippen LogP contribution in [0.4, 0.5) is 0 Å².